The molecule has 19 heavy (non-hydrogen) atoms. The van der Waals surface area contributed by atoms with Crippen molar-refractivity contribution in [1.82, 2.24) is 5.32 Å². The lowest BCUT2D eigenvalue weighted by Crippen LogP contribution is -2.19. The van der Waals surface area contributed by atoms with Crippen molar-refractivity contribution in [3.8, 4) is 17.2 Å². The molecule has 0 amide bonds. The molecule has 0 aromatic heterocycles. The first-order chi connectivity index (χ1) is 9.20. The fourth-order valence-electron chi connectivity index (χ4n) is 1.86. The summed E-state index contributed by atoms with van der Waals surface area (Å²) in [6.07, 6.45) is 0.123. The number of hydrogen-bond donors (Lipinski definition) is 1. The molecule has 1 N–H and O–H groups in total. The van der Waals surface area contributed by atoms with E-state index in [0.717, 1.165) is 29.4 Å². The molecule has 0 saturated carbocycles. The highest BCUT2D eigenvalue weighted by atomic mass is 16.7. The molecular formula is C14H21NO4. The van der Waals surface area contributed by atoms with E-state index in [1.807, 2.05) is 26.0 Å². The van der Waals surface area contributed by atoms with Crippen LogP contribution in [-0.4, -0.2) is 33.2 Å². The van der Waals surface area contributed by atoms with Crippen molar-refractivity contribution in [2.75, 3.05) is 27.1 Å². The van der Waals surface area contributed by atoms with Crippen molar-refractivity contribution in [2.24, 2.45) is 0 Å². The van der Waals surface area contributed by atoms with Gasteiger partial charge in [0.1, 0.15) is 5.75 Å². The van der Waals surface area contributed by atoms with Gasteiger partial charge in [-0.2, -0.15) is 0 Å². The number of hydrogen-bond acceptors (Lipinski definition) is 5. The van der Waals surface area contributed by atoms with E-state index in [0.29, 0.717) is 13.2 Å². The molecule has 1 aromatic carbocycles. The monoisotopic (exact) mass is 267 g/mol. The zero-order chi connectivity index (χ0) is 13.7. The van der Waals surface area contributed by atoms with E-state index in [1.54, 1.807) is 7.11 Å². The number of methoxy groups -OCH3 is 1. The molecule has 0 radical (unpaired) electrons. The van der Waals surface area contributed by atoms with Crippen molar-refractivity contribution in [1.29, 1.82) is 0 Å². The molecule has 0 bridgehead atoms. The van der Waals surface area contributed by atoms with E-state index in [1.165, 1.54) is 0 Å². The van der Waals surface area contributed by atoms with E-state index >= 15 is 0 Å². The third kappa shape index (κ3) is 3.75. The van der Waals surface area contributed by atoms with Crippen LogP contribution in [0.5, 0.6) is 17.2 Å². The lowest BCUT2D eigenvalue weighted by molar-refractivity contribution is 0.173. The average Bonchev–Trinajstić information content (AvgIpc) is 2.81. The van der Waals surface area contributed by atoms with Crippen molar-refractivity contribution < 1.29 is 18.9 Å². The average molecular weight is 267 g/mol. The van der Waals surface area contributed by atoms with Crippen LogP contribution in [0, 0.1) is 0 Å². The first-order valence-electron chi connectivity index (χ1n) is 6.49. The number of fused-ring (bicyclic) bond motifs is 1. The minimum atomic E-state index is 0.123. The predicted molar refractivity (Wildman–Crippen MR) is 71.9 cm³/mol. The molecule has 1 aliphatic heterocycles. The molecule has 0 unspecified atom stereocenters. The Morgan fingerprint density at radius 2 is 2.00 bits per heavy atom. The second-order valence-corrected chi connectivity index (χ2v) is 4.65. The Labute approximate surface area is 113 Å². The molecule has 1 aromatic rings. The van der Waals surface area contributed by atoms with Crippen molar-refractivity contribution in [2.45, 2.75) is 26.5 Å². The highest BCUT2D eigenvalue weighted by Crippen LogP contribution is 2.38. The predicted octanol–water partition coefficient (Wildman–Crippen LogP) is 1.94. The summed E-state index contributed by atoms with van der Waals surface area (Å²) in [5.41, 5.74) is 1.06. The van der Waals surface area contributed by atoms with Gasteiger partial charge in [-0.1, -0.05) is 0 Å². The number of nitrogens with one attached hydrogen (secondary N) is 1. The fraction of sp³-hybridized carbons (Fsp3) is 0.571. The summed E-state index contributed by atoms with van der Waals surface area (Å²) >= 11 is 0. The summed E-state index contributed by atoms with van der Waals surface area (Å²) in [4.78, 5) is 0. The Balaban J connectivity index is 2.09. The molecule has 1 aliphatic rings. The van der Waals surface area contributed by atoms with E-state index < -0.39 is 0 Å². The van der Waals surface area contributed by atoms with Gasteiger partial charge in [-0.3, -0.25) is 0 Å². The molecule has 1 heterocycles. The summed E-state index contributed by atoms with van der Waals surface area (Å²) in [7, 11) is 1.69. The van der Waals surface area contributed by atoms with Crippen LogP contribution in [0.2, 0.25) is 0 Å². The number of rotatable bonds is 7. The molecule has 106 valence electrons. The molecule has 5 heteroatoms. The van der Waals surface area contributed by atoms with Gasteiger partial charge in [-0.05, 0) is 19.9 Å². The van der Waals surface area contributed by atoms with Crippen molar-refractivity contribution in [3.05, 3.63) is 17.7 Å². The van der Waals surface area contributed by atoms with Gasteiger partial charge < -0.3 is 24.3 Å². The molecule has 0 atom stereocenters. The molecule has 0 spiro atoms. The van der Waals surface area contributed by atoms with Gasteiger partial charge in [0.2, 0.25) is 6.79 Å². The summed E-state index contributed by atoms with van der Waals surface area (Å²) in [5, 5.41) is 3.31. The Morgan fingerprint density at radius 1 is 1.26 bits per heavy atom. The summed E-state index contributed by atoms with van der Waals surface area (Å²) in [6, 6.07) is 3.87. The van der Waals surface area contributed by atoms with Gasteiger partial charge in [-0.15, -0.1) is 0 Å². The maximum atomic E-state index is 5.82. The topological polar surface area (TPSA) is 49.0 Å². The van der Waals surface area contributed by atoms with Gasteiger partial charge in [0, 0.05) is 31.8 Å². The first kappa shape index (κ1) is 14.0. The van der Waals surface area contributed by atoms with Crippen LogP contribution in [0.15, 0.2) is 12.1 Å². The van der Waals surface area contributed by atoms with Crippen LogP contribution in [0.25, 0.3) is 0 Å². The molecular weight excluding hydrogens is 246 g/mol. The normalized spacial score (nSPS) is 13.1. The maximum absolute atomic E-state index is 5.82. The largest absolute Gasteiger partial charge is 0.491 e. The minimum Gasteiger partial charge on any atom is -0.491 e. The third-order valence-corrected chi connectivity index (χ3v) is 2.72. The molecule has 2 rings (SSSR count). The molecule has 5 nitrogen and oxygen atoms in total. The Hall–Kier alpha value is -1.46. The third-order valence-electron chi connectivity index (χ3n) is 2.72. The minimum absolute atomic E-state index is 0.123. The summed E-state index contributed by atoms with van der Waals surface area (Å²) < 4.78 is 21.6. The smallest absolute Gasteiger partial charge is 0.231 e. The molecule has 0 aliphatic carbocycles. The van der Waals surface area contributed by atoms with E-state index in [-0.39, 0.29) is 12.9 Å². The lowest BCUT2D eigenvalue weighted by Gasteiger charge is -2.15. The van der Waals surface area contributed by atoms with E-state index in [4.69, 9.17) is 18.9 Å². The SMILES string of the molecule is COCCNCc1cc2c(cc1OC(C)C)OCO2. The van der Waals surface area contributed by atoms with E-state index in [9.17, 15) is 0 Å². The second-order valence-electron chi connectivity index (χ2n) is 4.65. The van der Waals surface area contributed by atoms with Crippen molar-refractivity contribution in [3.63, 3.8) is 0 Å². The van der Waals surface area contributed by atoms with Crippen LogP contribution in [0.4, 0.5) is 0 Å². The van der Waals surface area contributed by atoms with Gasteiger partial charge in [0.15, 0.2) is 11.5 Å². The lowest BCUT2D eigenvalue weighted by atomic mass is 10.1. The summed E-state index contributed by atoms with van der Waals surface area (Å²) in [5.74, 6) is 2.36. The number of ether oxygens (including phenoxy) is 4. The number of benzene rings is 1. The maximum Gasteiger partial charge on any atom is 0.231 e. The van der Waals surface area contributed by atoms with Crippen LogP contribution in [0.3, 0.4) is 0 Å². The van der Waals surface area contributed by atoms with Gasteiger partial charge in [0.05, 0.1) is 12.7 Å². The first-order valence-corrected chi connectivity index (χ1v) is 6.49. The zero-order valence-corrected chi connectivity index (χ0v) is 11.7. The highest BCUT2D eigenvalue weighted by Gasteiger charge is 2.18. The zero-order valence-electron chi connectivity index (χ0n) is 11.7. The van der Waals surface area contributed by atoms with Gasteiger partial charge in [0.25, 0.3) is 0 Å². The standard InChI is InChI=1S/C14H21NO4/c1-10(2)19-12-7-14-13(17-9-18-14)6-11(12)8-15-4-5-16-3/h6-7,10,15H,4-5,8-9H2,1-3H3. The Bertz CT molecular complexity index is 420. The van der Waals surface area contributed by atoms with Crippen LogP contribution in [0.1, 0.15) is 19.4 Å². The quantitative estimate of drug-likeness (QED) is 0.765. The van der Waals surface area contributed by atoms with Gasteiger partial charge >= 0.3 is 0 Å². The van der Waals surface area contributed by atoms with Crippen LogP contribution < -0.4 is 19.5 Å². The second kappa shape index (κ2) is 6.63. The highest BCUT2D eigenvalue weighted by molar-refractivity contribution is 5.51. The van der Waals surface area contributed by atoms with Crippen LogP contribution >= 0.6 is 0 Å². The van der Waals surface area contributed by atoms with Crippen LogP contribution in [-0.2, 0) is 11.3 Å². The molecule has 0 fully saturated rings. The summed E-state index contributed by atoms with van der Waals surface area (Å²) in [6.45, 7) is 6.48. The van der Waals surface area contributed by atoms with E-state index in [2.05, 4.69) is 5.32 Å². The Morgan fingerprint density at radius 3 is 2.68 bits per heavy atom. The fourth-order valence-corrected chi connectivity index (χ4v) is 1.86. The Kier molecular flexibility index (Phi) is 4.87. The van der Waals surface area contributed by atoms with Gasteiger partial charge in [-0.25, -0.2) is 0 Å². The van der Waals surface area contributed by atoms with Crippen molar-refractivity contribution >= 4 is 0 Å². The molecule has 0 saturated heterocycles.